The zero-order chi connectivity index (χ0) is 16.6. The molecule has 0 amide bonds. The van der Waals surface area contributed by atoms with E-state index in [-0.39, 0.29) is 5.78 Å². The van der Waals surface area contributed by atoms with Crippen LogP contribution in [0.1, 0.15) is 21.7 Å². The maximum atomic E-state index is 12.6. The molecule has 0 aliphatic carbocycles. The Kier molecular flexibility index (Phi) is 3.95. The molecule has 3 heteroatoms. The van der Waals surface area contributed by atoms with E-state index in [0.29, 0.717) is 6.54 Å². The molecule has 3 nitrogen and oxygen atoms in total. The highest BCUT2D eigenvalue weighted by Gasteiger charge is 2.16. The van der Waals surface area contributed by atoms with Gasteiger partial charge in [-0.2, -0.15) is 0 Å². The summed E-state index contributed by atoms with van der Waals surface area (Å²) in [6.07, 6.45) is 0. The smallest absolute Gasteiger partial charge is 0.183 e. The Bertz CT molecular complexity index is 876. The number of aromatic nitrogens is 1. The maximum absolute atomic E-state index is 12.6. The minimum absolute atomic E-state index is 0.154. The minimum atomic E-state index is 0.154. The van der Waals surface area contributed by atoms with Gasteiger partial charge in [0.25, 0.3) is 0 Å². The third-order valence-corrected chi connectivity index (χ3v) is 4.63. The second kappa shape index (κ2) is 5.92. The number of ketones is 1. The molecule has 2 aromatic carbocycles. The van der Waals surface area contributed by atoms with E-state index in [4.69, 9.17) is 0 Å². The number of likely N-dealkylation sites (N-methyl/N-ethyl adjacent to an activating group) is 1. The monoisotopic (exact) mass is 306 g/mol. The van der Waals surface area contributed by atoms with E-state index in [2.05, 4.69) is 34.9 Å². The van der Waals surface area contributed by atoms with Crippen LogP contribution >= 0.6 is 0 Å². The van der Waals surface area contributed by atoms with Crippen LogP contribution in [-0.2, 0) is 7.05 Å². The molecule has 3 aromatic rings. The number of nitrogens with zero attached hydrogens (tertiary/aromatic N) is 2. The maximum Gasteiger partial charge on any atom is 0.183 e. The number of carbonyl (C=O) groups excluding carboxylic acids is 1. The number of rotatable bonds is 4. The Labute approximate surface area is 137 Å². The molecule has 0 spiro atoms. The van der Waals surface area contributed by atoms with Crippen LogP contribution in [0.4, 0.5) is 5.69 Å². The van der Waals surface area contributed by atoms with Crippen molar-refractivity contribution in [1.82, 2.24) is 4.57 Å². The van der Waals surface area contributed by atoms with Gasteiger partial charge in [-0.1, -0.05) is 30.3 Å². The zero-order valence-electron chi connectivity index (χ0n) is 14.1. The van der Waals surface area contributed by atoms with Gasteiger partial charge in [-0.3, -0.25) is 4.79 Å². The van der Waals surface area contributed by atoms with Crippen LogP contribution in [0.5, 0.6) is 0 Å². The van der Waals surface area contributed by atoms with Crippen molar-refractivity contribution < 1.29 is 4.79 Å². The first-order valence-electron chi connectivity index (χ1n) is 7.83. The normalized spacial score (nSPS) is 11.0. The molecule has 0 saturated heterocycles. The fourth-order valence-electron chi connectivity index (χ4n) is 2.94. The van der Waals surface area contributed by atoms with Crippen molar-refractivity contribution in [3.63, 3.8) is 0 Å². The van der Waals surface area contributed by atoms with Crippen LogP contribution < -0.4 is 4.90 Å². The standard InChI is InChI=1S/C20H22N2O/c1-14-11-19(15(2)22(14)4)20(23)13-21(3)18-10-9-16-7-5-6-8-17(16)12-18/h5-12H,13H2,1-4H3. The molecule has 1 aromatic heterocycles. The molecule has 0 atom stereocenters. The number of benzene rings is 2. The Balaban J connectivity index is 1.83. The van der Waals surface area contributed by atoms with Crippen molar-refractivity contribution in [3.8, 4) is 0 Å². The third kappa shape index (κ3) is 2.87. The SMILES string of the molecule is Cc1cc(C(=O)CN(C)c2ccc3ccccc3c2)c(C)n1C. The van der Waals surface area contributed by atoms with Crippen molar-refractivity contribution in [2.45, 2.75) is 13.8 Å². The summed E-state index contributed by atoms with van der Waals surface area (Å²) < 4.78 is 2.06. The Morgan fingerprint density at radius 3 is 2.39 bits per heavy atom. The van der Waals surface area contributed by atoms with Gasteiger partial charge in [-0.15, -0.1) is 0 Å². The Morgan fingerprint density at radius 1 is 1.04 bits per heavy atom. The summed E-state index contributed by atoms with van der Waals surface area (Å²) >= 11 is 0. The summed E-state index contributed by atoms with van der Waals surface area (Å²) in [6.45, 7) is 4.40. The summed E-state index contributed by atoms with van der Waals surface area (Å²) in [6, 6.07) is 16.5. The lowest BCUT2D eigenvalue weighted by molar-refractivity contribution is 0.0999. The molecule has 23 heavy (non-hydrogen) atoms. The molecule has 1 heterocycles. The van der Waals surface area contributed by atoms with Gasteiger partial charge in [0, 0.05) is 36.7 Å². The number of hydrogen-bond donors (Lipinski definition) is 0. The number of hydrogen-bond acceptors (Lipinski definition) is 2. The Hall–Kier alpha value is -2.55. The molecule has 118 valence electrons. The topological polar surface area (TPSA) is 25.2 Å². The van der Waals surface area contributed by atoms with E-state index in [0.717, 1.165) is 22.6 Å². The number of aryl methyl sites for hydroxylation is 1. The first-order chi connectivity index (χ1) is 11.0. The van der Waals surface area contributed by atoms with Crippen LogP contribution in [0.25, 0.3) is 10.8 Å². The molecule has 0 unspecified atom stereocenters. The largest absolute Gasteiger partial charge is 0.367 e. The van der Waals surface area contributed by atoms with Crippen molar-refractivity contribution in [1.29, 1.82) is 0 Å². The quantitative estimate of drug-likeness (QED) is 0.678. The third-order valence-electron chi connectivity index (χ3n) is 4.63. The molecule has 0 radical (unpaired) electrons. The molecule has 3 rings (SSSR count). The van der Waals surface area contributed by atoms with Crippen molar-refractivity contribution in [2.75, 3.05) is 18.5 Å². The van der Waals surface area contributed by atoms with Crippen LogP contribution in [0, 0.1) is 13.8 Å². The van der Waals surface area contributed by atoms with Crippen molar-refractivity contribution >= 4 is 22.2 Å². The summed E-state index contributed by atoms with van der Waals surface area (Å²) in [5.41, 5.74) is 4.01. The number of carbonyl (C=O) groups is 1. The van der Waals surface area contributed by atoms with Crippen LogP contribution in [-0.4, -0.2) is 23.9 Å². The van der Waals surface area contributed by atoms with E-state index in [1.807, 2.05) is 51.0 Å². The van der Waals surface area contributed by atoms with Gasteiger partial charge in [0.15, 0.2) is 5.78 Å². The average Bonchev–Trinajstić information content (AvgIpc) is 2.82. The molecule has 0 aliphatic heterocycles. The lowest BCUT2D eigenvalue weighted by Gasteiger charge is -2.19. The van der Waals surface area contributed by atoms with Gasteiger partial charge in [-0.05, 0) is 42.8 Å². The van der Waals surface area contributed by atoms with Gasteiger partial charge in [0.1, 0.15) is 0 Å². The van der Waals surface area contributed by atoms with Crippen LogP contribution in [0.2, 0.25) is 0 Å². The molecule has 0 aliphatic rings. The van der Waals surface area contributed by atoms with Gasteiger partial charge in [0.2, 0.25) is 0 Å². The summed E-state index contributed by atoms with van der Waals surface area (Å²) in [5.74, 6) is 0.154. The fraction of sp³-hybridized carbons (Fsp3) is 0.250. The molecular formula is C20H22N2O. The van der Waals surface area contributed by atoms with Gasteiger partial charge in [-0.25, -0.2) is 0 Å². The van der Waals surface area contributed by atoms with Gasteiger partial charge >= 0.3 is 0 Å². The first kappa shape index (κ1) is 15.3. The van der Waals surface area contributed by atoms with Crippen molar-refractivity contribution in [2.24, 2.45) is 7.05 Å². The molecule has 0 fully saturated rings. The predicted octanol–water partition coefficient (Wildman–Crippen LogP) is 4.11. The number of Topliss-reactive ketones (excluding diaryl/α,β-unsaturated/α-hetero) is 1. The highest BCUT2D eigenvalue weighted by molar-refractivity contribution is 6.00. The molecule has 0 bridgehead atoms. The lowest BCUT2D eigenvalue weighted by Crippen LogP contribution is -2.25. The fourth-order valence-corrected chi connectivity index (χ4v) is 2.94. The predicted molar refractivity (Wildman–Crippen MR) is 96.4 cm³/mol. The summed E-state index contributed by atoms with van der Waals surface area (Å²) in [5, 5.41) is 2.40. The van der Waals surface area contributed by atoms with E-state index in [9.17, 15) is 4.79 Å². The van der Waals surface area contributed by atoms with Gasteiger partial charge < -0.3 is 9.47 Å². The van der Waals surface area contributed by atoms with Gasteiger partial charge in [0.05, 0.1) is 6.54 Å². The number of anilines is 1. The minimum Gasteiger partial charge on any atom is -0.367 e. The van der Waals surface area contributed by atoms with Crippen molar-refractivity contribution in [3.05, 3.63) is 65.5 Å². The second-order valence-corrected chi connectivity index (χ2v) is 6.15. The number of fused-ring (bicyclic) bond motifs is 1. The van der Waals surface area contributed by atoms with E-state index < -0.39 is 0 Å². The van der Waals surface area contributed by atoms with E-state index >= 15 is 0 Å². The molecule has 0 saturated carbocycles. The van der Waals surface area contributed by atoms with Crippen LogP contribution in [0.3, 0.4) is 0 Å². The van der Waals surface area contributed by atoms with Crippen LogP contribution in [0.15, 0.2) is 48.5 Å². The summed E-state index contributed by atoms with van der Waals surface area (Å²) in [4.78, 5) is 14.6. The zero-order valence-corrected chi connectivity index (χ0v) is 14.1. The Morgan fingerprint density at radius 2 is 1.74 bits per heavy atom. The second-order valence-electron chi connectivity index (χ2n) is 6.15. The van der Waals surface area contributed by atoms with E-state index in [1.54, 1.807) is 0 Å². The summed E-state index contributed by atoms with van der Waals surface area (Å²) in [7, 11) is 3.96. The molecular weight excluding hydrogens is 284 g/mol. The molecule has 0 N–H and O–H groups in total. The highest BCUT2D eigenvalue weighted by atomic mass is 16.1. The average molecular weight is 306 g/mol. The first-order valence-corrected chi connectivity index (χ1v) is 7.83. The lowest BCUT2D eigenvalue weighted by atomic mass is 10.1. The highest BCUT2D eigenvalue weighted by Crippen LogP contribution is 2.22. The van der Waals surface area contributed by atoms with E-state index in [1.165, 1.54) is 10.8 Å².